The van der Waals surface area contributed by atoms with Crippen molar-refractivity contribution in [2.75, 3.05) is 43.6 Å². The minimum Gasteiger partial charge on any atom is -0.465 e. The van der Waals surface area contributed by atoms with Crippen LogP contribution < -0.4 is 15.5 Å². The summed E-state index contributed by atoms with van der Waals surface area (Å²) in [6.45, 7) is 2.67. The summed E-state index contributed by atoms with van der Waals surface area (Å²) >= 11 is 7.48. The topological polar surface area (TPSA) is 79.9 Å². The quantitative estimate of drug-likeness (QED) is 0.361. The Balaban J connectivity index is 1.80. The van der Waals surface area contributed by atoms with Crippen LogP contribution in [-0.4, -0.2) is 50.4 Å². The molecule has 0 saturated carbocycles. The molecule has 0 radical (unpaired) electrons. The molecule has 2 aromatic carbocycles. The molecule has 2 aromatic rings. The van der Waals surface area contributed by atoms with Crippen LogP contribution in [0.15, 0.2) is 42.5 Å². The van der Waals surface area contributed by atoms with Crippen molar-refractivity contribution in [2.24, 2.45) is 0 Å². The minimum absolute atomic E-state index is 0.144. The molecule has 1 heterocycles. The second-order valence-corrected chi connectivity index (χ2v) is 7.90. The molecule has 3 rings (SSSR count). The number of benzene rings is 2. The fourth-order valence-electron chi connectivity index (χ4n) is 2.92. The number of ether oxygens (including phenoxy) is 2. The summed E-state index contributed by atoms with van der Waals surface area (Å²) in [5, 5.41) is 5.88. The summed E-state index contributed by atoms with van der Waals surface area (Å²) in [6.07, 6.45) is 0. The molecule has 0 aromatic heterocycles. The number of carbonyl (C=O) groups excluding carboxylic acids is 2. The first-order valence-corrected chi connectivity index (χ1v) is 10.4. The van der Waals surface area contributed by atoms with Crippen molar-refractivity contribution in [3.05, 3.63) is 57.2 Å². The van der Waals surface area contributed by atoms with Gasteiger partial charge in [0, 0.05) is 22.2 Å². The zero-order chi connectivity index (χ0) is 20.8. The fourth-order valence-corrected chi connectivity index (χ4v) is 3.67. The van der Waals surface area contributed by atoms with Crippen molar-refractivity contribution in [2.45, 2.75) is 0 Å². The van der Waals surface area contributed by atoms with Gasteiger partial charge < -0.3 is 19.7 Å². The van der Waals surface area contributed by atoms with E-state index in [-0.39, 0.29) is 11.0 Å². The van der Waals surface area contributed by atoms with Crippen molar-refractivity contribution in [1.29, 1.82) is 0 Å². The molecule has 0 aliphatic carbocycles. The molecule has 0 bridgehead atoms. The number of thiocarbonyl (C=S) groups is 1. The average Bonchev–Trinajstić information content (AvgIpc) is 2.73. The zero-order valence-corrected chi connectivity index (χ0v) is 18.7. The Morgan fingerprint density at radius 3 is 2.59 bits per heavy atom. The summed E-state index contributed by atoms with van der Waals surface area (Å²) in [5.74, 6) is -0.756. The Morgan fingerprint density at radius 2 is 1.90 bits per heavy atom. The van der Waals surface area contributed by atoms with E-state index in [9.17, 15) is 9.59 Å². The number of esters is 1. The fraction of sp³-hybridized carbons (Fsp3) is 0.250. The van der Waals surface area contributed by atoms with Crippen LogP contribution in [0.2, 0.25) is 0 Å². The minimum atomic E-state index is -0.449. The lowest BCUT2D eigenvalue weighted by Crippen LogP contribution is -2.38. The third kappa shape index (κ3) is 5.64. The third-order valence-electron chi connectivity index (χ3n) is 4.33. The molecule has 7 nitrogen and oxygen atoms in total. The molecule has 0 atom stereocenters. The van der Waals surface area contributed by atoms with Crippen molar-refractivity contribution in [1.82, 2.24) is 5.32 Å². The first-order valence-electron chi connectivity index (χ1n) is 8.91. The second-order valence-electron chi connectivity index (χ2n) is 6.24. The molecule has 0 unspecified atom stereocenters. The van der Waals surface area contributed by atoms with Crippen LogP contribution >= 0.6 is 34.8 Å². The van der Waals surface area contributed by atoms with E-state index in [1.54, 1.807) is 24.3 Å². The van der Waals surface area contributed by atoms with E-state index in [1.165, 1.54) is 7.11 Å². The molecule has 9 heteroatoms. The maximum absolute atomic E-state index is 12.5. The van der Waals surface area contributed by atoms with E-state index in [4.69, 9.17) is 21.7 Å². The monoisotopic (exact) mass is 525 g/mol. The number of hydrogen-bond acceptors (Lipinski definition) is 6. The van der Waals surface area contributed by atoms with Crippen LogP contribution in [0.3, 0.4) is 0 Å². The molecule has 2 N–H and O–H groups in total. The number of rotatable bonds is 4. The van der Waals surface area contributed by atoms with Crippen molar-refractivity contribution >= 4 is 63.2 Å². The third-order valence-corrected chi connectivity index (χ3v) is 5.21. The van der Waals surface area contributed by atoms with Crippen LogP contribution in [-0.2, 0) is 9.47 Å². The van der Waals surface area contributed by atoms with Crippen molar-refractivity contribution in [3.63, 3.8) is 0 Å². The number of nitrogens with one attached hydrogen (secondary N) is 2. The molecular weight excluding hydrogens is 505 g/mol. The number of carbonyl (C=O) groups is 2. The number of nitrogens with zero attached hydrogens (tertiary/aromatic N) is 1. The highest BCUT2D eigenvalue weighted by atomic mass is 127. The number of morpholine rings is 1. The lowest BCUT2D eigenvalue weighted by molar-refractivity contribution is 0.0600. The van der Waals surface area contributed by atoms with Gasteiger partial charge in [0.2, 0.25) is 0 Å². The van der Waals surface area contributed by atoms with E-state index >= 15 is 0 Å². The van der Waals surface area contributed by atoms with E-state index in [1.807, 2.05) is 18.2 Å². The van der Waals surface area contributed by atoms with Gasteiger partial charge in [0.1, 0.15) is 0 Å². The molecule has 1 aliphatic rings. The van der Waals surface area contributed by atoms with E-state index in [2.05, 4.69) is 38.1 Å². The number of methoxy groups -OCH3 is 1. The van der Waals surface area contributed by atoms with Crippen LogP contribution in [0.5, 0.6) is 0 Å². The Bertz CT molecular complexity index is 932. The first-order chi connectivity index (χ1) is 14.0. The van der Waals surface area contributed by atoms with Gasteiger partial charge >= 0.3 is 5.97 Å². The molecule has 29 heavy (non-hydrogen) atoms. The van der Waals surface area contributed by atoms with Gasteiger partial charge in [-0.1, -0.05) is 6.07 Å². The smallest absolute Gasteiger partial charge is 0.337 e. The van der Waals surface area contributed by atoms with Gasteiger partial charge in [-0.05, 0) is 71.2 Å². The molecule has 1 aliphatic heterocycles. The van der Waals surface area contributed by atoms with Gasteiger partial charge in [0.05, 0.1) is 37.3 Å². The van der Waals surface area contributed by atoms with Gasteiger partial charge in [-0.25, -0.2) is 4.79 Å². The molecule has 152 valence electrons. The molecule has 0 spiro atoms. The Morgan fingerprint density at radius 1 is 1.14 bits per heavy atom. The number of amides is 1. The maximum atomic E-state index is 12.5. The van der Waals surface area contributed by atoms with Crippen LogP contribution in [0.4, 0.5) is 11.4 Å². The number of halogens is 1. The predicted octanol–water partition coefficient (Wildman–Crippen LogP) is 3.04. The van der Waals surface area contributed by atoms with Crippen LogP contribution in [0.1, 0.15) is 20.7 Å². The summed E-state index contributed by atoms with van der Waals surface area (Å²) in [7, 11) is 1.33. The first kappa shape index (κ1) is 21.5. The van der Waals surface area contributed by atoms with Gasteiger partial charge in [-0.3, -0.25) is 10.1 Å². The van der Waals surface area contributed by atoms with Crippen LogP contribution in [0, 0.1) is 3.57 Å². The van der Waals surface area contributed by atoms with Gasteiger partial charge in [0.25, 0.3) is 5.91 Å². The maximum Gasteiger partial charge on any atom is 0.337 e. The summed E-state index contributed by atoms with van der Waals surface area (Å²) < 4.78 is 11.2. The van der Waals surface area contributed by atoms with E-state index in [0.717, 1.165) is 9.26 Å². The SMILES string of the molecule is COC(=O)c1ccc(N2CCOCC2)c(NC(=S)NC(=O)c2cccc(I)c2)c1. The Hall–Kier alpha value is -2.24. The highest BCUT2D eigenvalue weighted by molar-refractivity contribution is 14.1. The predicted molar refractivity (Wildman–Crippen MR) is 124 cm³/mol. The average molecular weight is 525 g/mol. The summed E-state index contributed by atoms with van der Waals surface area (Å²) in [4.78, 5) is 26.5. The molecule has 1 fully saturated rings. The highest BCUT2D eigenvalue weighted by Crippen LogP contribution is 2.28. The van der Waals surface area contributed by atoms with Crippen LogP contribution in [0.25, 0.3) is 0 Å². The lowest BCUT2D eigenvalue weighted by Gasteiger charge is -2.31. The normalized spacial score (nSPS) is 13.5. The van der Waals surface area contributed by atoms with E-state index < -0.39 is 5.97 Å². The number of anilines is 2. The van der Waals surface area contributed by atoms with Gasteiger partial charge in [-0.2, -0.15) is 0 Å². The zero-order valence-electron chi connectivity index (χ0n) is 15.7. The summed E-state index contributed by atoms with van der Waals surface area (Å²) in [6, 6.07) is 12.4. The molecule has 1 amide bonds. The highest BCUT2D eigenvalue weighted by Gasteiger charge is 2.18. The van der Waals surface area contributed by atoms with Crippen molar-refractivity contribution < 1.29 is 19.1 Å². The Labute approximate surface area is 187 Å². The lowest BCUT2D eigenvalue weighted by atomic mass is 10.1. The Kier molecular flexibility index (Phi) is 7.40. The van der Waals surface area contributed by atoms with E-state index in [0.29, 0.717) is 43.1 Å². The molecular formula is C20H20IN3O4S. The summed E-state index contributed by atoms with van der Waals surface area (Å²) in [5.41, 5.74) is 2.38. The van der Waals surface area contributed by atoms with Gasteiger partial charge in [-0.15, -0.1) is 0 Å². The second kappa shape index (κ2) is 9.99. The van der Waals surface area contributed by atoms with Crippen molar-refractivity contribution in [3.8, 4) is 0 Å². The largest absolute Gasteiger partial charge is 0.465 e. The van der Waals surface area contributed by atoms with Gasteiger partial charge in [0.15, 0.2) is 5.11 Å². The molecule has 1 saturated heterocycles. The standard InChI is InChI=1S/C20H20IN3O4S/c1-27-19(26)14-5-6-17(24-7-9-28-10-8-24)16(12-14)22-20(29)23-18(25)13-3-2-4-15(21)11-13/h2-6,11-12H,7-10H2,1H3,(H2,22,23,25,29). The number of hydrogen-bond donors (Lipinski definition) is 2.